The SMILES string of the molecule is CCCN1CCc2c(N)sc(N)c2C1.Cl.Cl.O. The lowest BCUT2D eigenvalue weighted by Gasteiger charge is -2.26. The van der Waals surface area contributed by atoms with Crippen LogP contribution in [0.3, 0.4) is 0 Å². The minimum absolute atomic E-state index is 0. The molecule has 7 heteroatoms. The van der Waals surface area contributed by atoms with Gasteiger partial charge in [0.2, 0.25) is 0 Å². The number of nitrogen functional groups attached to an aromatic ring is 2. The molecule has 0 fully saturated rings. The molecular formula is C10H21Cl2N3OS. The van der Waals surface area contributed by atoms with E-state index in [0.29, 0.717) is 0 Å². The molecule has 2 rings (SSSR count). The van der Waals surface area contributed by atoms with Crippen molar-refractivity contribution in [3.05, 3.63) is 11.1 Å². The minimum atomic E-state index is 0. The highest BCUT2D eigenvalue weighted by Crippen LogP contribution is 2.36. The summed E-state index contributed by atoms with van der Waals surface area (Å²) in [5.41, 5.74) is 14.4. The molecule has 2 heterocycles. The number of nitrogens with zero attached hydrogens (tertiary/aromatic N) is 1. The standard InChI is InChI=1S/C10H17N3S.2ClH.H2O/c1-2-4-13-5-3-7-8(6-13)10(12)14-9(7)11;;;/h2-6,11-12H2,1H3;2*1H;1H2. The van der Waals surface area contributed by atoms with E-state index in [1.165, 1.54) is 28.9 Å². The lowest BCUT2D eigenvalue weighted by Crippen LogP contribution is -2.31. The third-order valence-electron chi connectivity index (χ3n) is 2.78. The normalized spacial score (nSPS) is 13.9. The molecule has 0 bridgehead atoms. The summed E-state index contributed by atoms with van der Waals surface area (Å²) in [7, 11) is 0. The van der Waals surface area contributed by atoms with Crippen molar-refractivity contribution in [1.82, 2.24) is 4.90 Å². The van der Waals surface area contributed by atoms with E-state index in [2.05, 4.69) is 11.8 Å². The van der Waals surface area contributed by atoms with Crippen molar-refractivity contribution in [3.63, 3.8) is 0 Å². The van der Waals surface area contributed by atoms with Crippen LogP contribution in [0.15, 0.2) is 0 Å². The van der Waals surface area contributed by atoms with Crippen LogP contribution in [0.25, 0.3) is 0 Å². The number of thiophene rings is 1. The summed E-state index contributed by atoms with van der Waals surface area (Å²) < 4.78 is 0. The van der Waals surface area contributed by atoms with Crippen LogP contribution in [-0.4, -0.2) is 23.5 Å². The van der Waals surface area contributed by atoms with E-state index in [9.17, 15) is 0 Å². The van der Waals surface area contributed by atoms with Gasteiger partial charge in [0, 0.05) is 18.7 Å². The van der Waals surface area contributed by atoms with Crippen LogP contribution in [0.4, 0.5) is 10.0 Å². The molecule has 1 aromatic heterocycles. The summed E-state index contributed by atoms with van der Waals surface area (Å²) in [4.78, 5) is 2.45. The Labute approximate surface area is 118 Å². The summed E-state index contributed by atoms with van der Waals surface area (Å²) in [6, 6.07) is 0. The van der Waals surface area contributed by atoms with Gasteiger partial charge < -0.3 is 16.9 Å². The molecule has 1 aromatic rings. The molecule has 0 amide bonds. The molecule has 0 spiro atoms. The van der Waals surface area contributed by atoms with Crippen molar-refractivity contribution in [2.24, 2.45) is 0 Å². The van der Waals surface area contributed by atoms with Crippen molar-refractivity contribution in [2.45, 2.75) is 26.3 Å². The number of nitrogens with two attached hydrogens (primary N) is 2. The van der Waals surface area contributed by atoms with Crippen LogP contribution in [-0.2, 0) is 13.0 Å². The molecule has 0 saturated carbocycles. The Hall–Kier alpha value is -0.200. The first kappa shape index (κ1) is 19.1. The maximum Gasteiger partial charge on any atom is 0.0926 e. The zero-order valence-electron chi connectivity index (χ0n) is 9.86. The topological polar surface area (TPSA) is 86.8 Å². The lowest BCUT2D eigenvalue weighted by atomic mass is 10.0. The Bertz CT molecular complexity index is 347. The van der Waals surface area contributed by atoms with Crippen LogP contribution in [0.2, 0.25) is 0 Å². The number of hydrogen-bond acceptors (Lipinski definition) is 4. The van der Waals surface area contributed by atoms with Gasteiger partial charge in [0.1, 0.15) is 0 Å². The van der Waals surface area contributed by atoms with Gasteiger partial charge in [-0.15, -0.1) is 36.2 Å². The van der Waals surface area contributed by atoms with Crippen molar-refractivity contribution in [1.29, 1.82) is 0 Å². The van der Waals surface area contributed by atoms with Gasteiger partial charge in [-0.05, 0) is 24.9 Å². The molecule has 0 atom stereocenters. The number of rotatable bonds is 2. The van der Waals surface area contributed by atoms with Gasteiger partial charge >= 0.3 is 0 Å². The molecule has 0 aliphatic carbocycles. The fraction of sp³-hybridized carbons (Fsp3) is 0.600. The minimum Gasteiger partial charge on any atom is -0.412 e. The second kappa shape index (κ2) is 8.00. The monoisotopic (exact) mass is 301 g/mol. The summed E-state index contributed by atoms with van der Waals surface area (Å²) >= 11 is 1.53. The van der Waals surface area contributed by atoms with Gasteiger partial charge in [0.05, 0.1) is 10.0 Å². The van der Waals surface area contributed by atoms with E-state index in [-0.39, 0.29) is 30.3 Å². The Kier molecular flexibility index (Phi) is 9.01. The van der Waals surface area contributed by atoms with E-state index in [4.69, 9.17) is 11.5 Å². The molecule has 0 saturated heterocycles. The first-order valence-electron chi connectivity index (χ1n) is 5.10. The number of fused-ring (bicyclic) bond motifs is 1. The summed E-state index contributed by atoms with van der Waals surface area (Å²) in [5.74, 6) is 0. The lowest BCUT2D eigenvalue weighted by molar-refractivity contribution is 0.256. The first-order valence-corrected chi connectivity index (χ1v) is 5.91. The van der Waals surface area contributed by atoms with Gasteiger partial charge in [-0.25, -0.2) is 0 Å². The largest absolute Gasteiger partial charge is 0.412 e. The Balaban J connectivity index is 0. The Morgan fingerprint density at radius 2 is 1.76 bits per heavy atom. The zero-order chi connectivity index (χ0) is 10.1. The number of halogens is 2. The van der Waals surface area contributed by atoms with E-state index >= 15 is 0 Å². The fourth-order valence-electron chi connectivity index (χ4n) is 2.07. The molecule has 1 aliphatic heterocycles. The molecule has 6 N–H and O–H groups in total. The summed E-state index contributed by atoms with van der Waals surface area (Å²) in [5, 5.41) is 1.84. The van der Waals surface area contributed by atoms with Crippen LogP contribution in [0.5, 0.6) is 0 Å². The van der Waals surface area contributed by atoms with Gasteiger partial charge in [-0.3, -0.25) is 4.90 Å². The fourth-order valence-corrected chi connectivity index (χ4v) is 2.96. The summed E-state index contributed by atoms with van der Waals surface area (Å²) in [6.07, 6.45) is 2.27. The highest BCUT2D eigenvalue weighted by atomic mass is 35.5. The van der Waals surface area contributed by atoms with Crippen molar-refractivity contribution in [3.8, 4) is 0 Å². The van der Waals surface area contributed by atoms with Crippen molar-refractivity contribution >= 4 is 46.2 Å². The molecule has 17 heavy (non-hydrogen) atoms. The first-order chi connectivity index (χ1) is 6.72. The van der Waals surface area contributed by atoms with Gasteiger partial charge in [-0.2, -0.15) is 0 Å². The summed E-state index contributed by atoms with van der Waals surface area (Å²) in [6.45, 7) is 5.49. The highest BCUT2D eigenvalue weighted by molar-refractivity contribution is 7.20. The zero-order valence-corrected chi connectivity index (χ0v) is 12.3. The van der Waals surface area contributed by atoms with E-state index < -0.39 is 0 Å². The van der Waals surface area contributed by atoms with Crippen LogP contribution in [0.1, 0.15) is 24.5 Å². The third-order valence-corrected chi connectivity index (χ3v) is 3.71. The predicted molar refractivity (Wildman–Crippen MR) is 80.5 cm³/mol. The predicted octanol–water partition coefficient (Wildman–Crippen LogP) is 1.70. The Morgan fingerprint density at radius 3 is 2.35 bits per heavy atom. The van der Waals surface area contributed by atoms with Gasteiger partial charge in [0.15, 0.2) is 0 Å². The van der Waals surface area contributed by atoms with Crippen LogP contribution in [0, 0.1) is 0 Å². The molecule has 0 unspecified atom stereocenters. The smallest absolute Gasteiger partial charge is 0.0926 e. The maximum absolute atomic E-state index is 5.93. The second-order valence-electron chi connectivity index (χ2n) is 3.81. The molecule has 0 aromatic carbocycles. The van der Waals surface area contributed by atoms with Crippen LogP contribution < -0.4 is 11.5 Å². The Morgan fingerprint density at radius 1 is 1.18 bits per heavy atom. The highest BCUT2D eigenvalue weighted by Gasteiger charge is 2.21. The maximum atomic E-state index is 5.93. The van der Waals surface area contributed by atoms with E-state index in [1.807, 2.05) is 0 Å². The van der Waals surface area contributed by atoms with E-state index in [0.717, 1.165) is 36.1 Å². The van der Waals surface area contributed by atoms with Crippen molar-refractivity contribution < 1.29 is 5.48 Å². The number of anilines is 2. The molecule has 0 radical (unpaired) electrons. The van der Waals surface area contributed by atoms with E-state index in [1.54, 1.807) is 0 Å². The van der Waals surface area contributed by atoms with Crippen molar-refractivity contribution in [2.75, 3.05) is 24.6 Å². The molecular weight excluding hydrogens is 281 g/mol. The number of hydrogen-bond donors (Lipinski definition) is 2. The average molecular weight is 302 g/mol. The molecule has 1 aliphatic rings. The molecule has 4 nitrogen and oxygen atoms in total. The van der Waals surface area contributed by atoms with Crippen LogP contribution >= 0.6 is 36.2 Å². The van der Waals surface area contributed by atoms with Gasteiger partial charge in [-0.1, -0.05) is 6.92 Å². The third kappa shape index (κ3) is 3.89. The molecule has 102 valence electrons. The average Bonchev–Trinajstić information content (AvgIpc) is 2.43. The van der Waals surface area contributed by atoms with Gasteiger partial charge in [0.25, 0.3) is 0 Å². The second-order valence-corrected chi connectivity index (χ2v) is 4.90. The quantitative estimate of drug-likeness (QED) is 0.871.